The Morgan fingerprint density at radius 3 is 2.44 bits per heavy atom. The summed E-state index contributed by atoms with van der Waals surface area (Å²) in [4.78, 5) is 20.5. The largest absolute Gasteiger partial charge is 0.459 e. The first-order chi connectivity index (χ1) is 12.3. The van der Waals surface area contributed by atoms with Gasteiger partial charge in [0.15, 0.2) is 11.6 Å². The molecule has 0 spiro atoms. The van der Waals surface area contributed by atoms with Crippen LogP contribution in [0.5, 0.6) is 0 Å². The number of rotatable bonds is 3. The van der Waals surface area contributed by atoms with Crippen molar-refractivity contribution in [2.45, 2.75) is 0 Å². The SMILES string of the molecule is O=C(c1ccco1)N1CCN(c2ccc(-c3ccccn3)nn2)CC1. The van der Waals surface area contributed by atoms with Gasteiger partial charge in [0.05, 0.1) is 12.0 Å². The Morgan fingerprint density at radius 1 is 0.920 bits per heavy atom. The number of anilines is 1. The van der Waals surface area contributed by atoms with E-state index >= 15 is 0 Å². The van der Waals surface area contributed by atoms with Crippen molar-refractivity contribution >= 4 is 11.7 Å². The van der Waals surface area contributed by atoms with Gasteiger partial charge in [0, 0.05) is 32.4 Å². The van der Waals surface area contributed by atoms with Crippen LogP contribution in [0.4, 0.5) is 5.82 Å². The molecule has 0 aliphatic carbocycles. The summed E-state index contributed by atoms with van der Waals surface area (Å²) in [6.07, 6.45) is 3.25. The van der Waals surface area contributed by atoms with Crippen LogP contribution in [0.1, 0.15) is 10.6 Å². The van der Waals surface area contributed by atoms with Gasteiger partial charge in [0.2, 0.25) is 0 Å². The Kier molecular flexibility index (Phi) is 4.12. The zero-order valence-corrected chi connectivity index (χ0v) is 13.6. The first-order valence-electron chi connectivity index (χ1n) is 8.14. The van der Waals surface area contributed by atoms with E-state index in [9.17, 15) is 4.79 Å². The number of carbonyl (C=O) groups excluding carboxylic acids is 1. The van der Waals surface area contributed by atoms with Gasteiger partial charge in [-0.15, -0.1) is 10.2 Å². The van der Waals surface area contributed by atoms with Gasteiger partial charge in [-0.2, -0.15) is 0 Å². The number of nitrogens with zero attached hydrogens (tertiary/aromatic N) is 5. The van der Waals surface area contributed by atoms with Crippen LogP contribution in [0.3, 0.4) is 0 Å². The summed E-state index contributed by atoms with van der Waals surface area (Å²) in [6, 6.07) is 13.0. The van der Waals surface area contributed by atoms with Gasteiger partial charge in [0.25, 0.3) is 5.91 Å². The van der Waals surface area contributed by atoms with Crippen LogP contribution in [0, 0.1) is 0 Å². The Bertz CT molecular complexity index is 826. The van der Waals surface area contributed by atoms with Gasteiger partial charge in [-0.25, -0.2) is 0 Å². The average molecular weight is 335 g/mol. The minimum absolute atomic E-state index is 0.0683. The van der Waals surface area contributed by atoms with E-state index in [1.807, 2.05) is 30.3 Å². The van der Waals surface area contributed by atoms with E-state index in [-0.39, 0.29) is 5.91 Å². The van der Waals surface area contributed by atoms with E-state index in [0.717, 1.165) is 17.2 Å². The molecule has 1 saturated heterocycles. The van der Waals surface area contributed by atoms with Gasteiger partial charge in [0.1, 0.15) is 5.69 Å². The standard InChI is InChI=1S/C18H17N5O2/c24-18(16-5-3-13-25-16)23-11-9-22(10-12-23)17-7-6-15(20-21-17)14-4-1-2-8-19-14/h1-8,13H,9-12H2. The molecule has 0 saturated carbocycles. The maximum atomic E-state index is 12.3. The molecule has 0 radical (unpaired) electrons. The second kappa shape index (κ2) is 6.72. The molecule has 126 valence electrons. The Labute approximate surface area is 144 Å². The van der Waals surface area contributed by atoms with Crippen molar-refractivity contribution in [2.75, 3.05) is 31.1 Å². The van der Waals surface area contributed by atoms with E-state index in [1.165, 1.54) is 6.26 Å². The third kappa shape index (κ3) is 3.21. The smallest absolute Gasteiger partial charge is 0.289 e. The summed E-state index contributed by atoms with van der Waals surface area (Å²) in [5, 5.41) is 8.58. The molecule has 25 heavy (non-hydrogen) atoms. The molecule has 0 bridgehead atoms. The molecule has 4 heterocycles. The number of hydrogen-bond donors (Lipinski definition) is 0. The third-order valence-corrected chi connectivity index (χ3v) is 4.20. The molecule has 0 unspecified atom stereocenters. The Hall–Kier alpha value is -3.22. The number of piperazine rings is 1. The van der Waals surface area contributed by atoms with Crippen molar-refractivity contribution in [1.29, 1.82) is 0 Å². The van der Waals surface area contributed by atoms with Crippen molar-refractivity contribution in [3.05, 3.63) is 60.7 Å². The molecule has 1 aliphatic heterocycles. The predicted octanol–water partition coefficient (Wildman–Crippen LogP) is 2.09. The first kappa shape index (κ1) is 15.3. The van der Waals surface area contributed by atoms with Crippen molar-refractivity contribution in [3.8, 4) is 11.4 Å². The summed E-state index contributed by atoms with van der Waals surface area (Å²) in [5.41, 5.74) is 1.55. The van der Waals surface area contributed by atoms with Crippen LogP contribution in [0.2, 0.25) is 0 Å². The van der Waals surface area contributed by atoms with Crippen LogP contribution in [-0.4, -0.2) is 52.2 Å². The zero-order valence-electron chi connectivity index (χ0n) is 13.6. The van der Waals surface area contributed by atoms with Gasteiger partial charge in [-0.1, -0.05) is 6.07 Å². The third-order valence-electron chi connectivity index (χ3n) is 4.20. The fraction of sp³-hybridized carbons (Fsp3) is 0.222. The van der Waals surface area contributed by atoms with Crippen molar-refractivity contribution in [3.63, 3.8) is 0 Å². The lowest BCUT2D eigenvalue weighted by Crippen LogP contribution is -2.49. The average Bonchev–Trinajstić information content (AvgIpc) is 3.23. The Morgan fingerprint density at radius 2 is 1.80 bits per heavy atom. The molecule has 1 aliphatic rings. The highest BCUT2D eigenvalue weighted by Gasteiger charge is 2.24. The summed E-state index contributed by atoms with van der Waals surface area (Å²) in [5.74, 6) is 1.12. The molecular weight excluding hydrogens is 318 g/mol. The first-order valence-corrected chi connectivity index (χ1v) is 8.14. The maximum absolute atomic E-state index is 12.3. The summed E-state index contributed by atoms with van der Waals surface area (Å²) in [6.45, 7) is 2.68. The topological polar surface area (TPSA) is 75.4 Å². The van der Waals surface area contributed by atoms with Crippen LogP contribution < -0.4 is 4.90 Å². The molecule has 1 fully saturated rings. The van der Waals surface area contributed by atoms with Crippen LogP contribution in [-0.2, 0) is 0 Å². The summed E-state index contributed by atoms with van der Waals surface area (Å²) in [7, 11) is 0. The molecule has 0 atom stereocenters. The van der Waals surface area contributed by atoms with E-state index in [0.29, 0.717) is 31.9 Å². The van der Waals surface area contributed by atoms with E-state index in [4.69, 9.17) is 4.42 Å². The fourth-order valence-corrected chi connectivity index (χ4v) is 2.84. The predicted molar refractivity (Wildman–Crippen MR) is 92.1 cm³/mol. The maximum Gasteiger partial charge on any atom is 0.289 e. The summed E-state index contributed by atoms with van der Waals surface area (Å²) < 4.78 is 5.18. The van der Waals surface area contributed by atoms with E-state index < -0.39 is 0 Å². The molecule has 4 rings (SSSR count). The van der Waals surface area contributed by atoms with Crippen molar-refractivity contribution in [1.82, 2.24) is 20.1 Å². The van der Waals surface area contributed by atoms with E-state index in [2.05, 4.69) is 20.1 Å². The number of pyridine rings is 1. The second-order valence-corrected chi connectivity index (χ2v) is 5.75. The molecule has 7 heteroatoms. The fourth-order valence-electron chi connectivity index (χ4n) is 2.84. The lowest BCUT2D eigenvalue weighted by Gasteiger charge is -2.34. The molecule has 1 amide bonds. The van der Waals surface area contributed by atoms with Gasteiger partial charge in [-0.3, -0.25) is 9.78 Å². The molecule has 0 aromatic carbocycles. The number of aromatic nitrogens is 3. The molecule has 3 aromatic rings. The molecular formula is C18H17N5O2. The highest BCUT2D eigenvalue weighted by Crippen LogP contribution is 2.18. The highest BCUT2D eigenvalue weighted by atomic mass is 16.3. The van der Waals surface area contributed by atoms with E-state index in [1.54, 1.807) is 23.2 Å². The zero-order chi connectivity index (χ0) is 17.1. The van der Waals surface area contributed by atoms with Gasteiger partial charge >= 0.3 is 0 Å². The van der Waals surface area contributed by atoms with Crippen LogP contribution >= 0.6 is 0 Å². The van der Waals surface area contributed by atoms with Gasteiger partial charge < -0.3 is 14.2 Å². The highest BCUT2D eigenvalue weighted by molar-refractivity contribution is 5.91. The monoisotopic (exact) mass is 335 g/mol. The van der Waals surface area contributed by atoms with Crippen molar-refractivity contribution < 1.29 is 9.21 Å². The normalized spacial score (nSPS) is 14.6. The Balaban J connectivity index is 1.40. The molecule has 7 nitrogen and oxygen atoms in total. The van der Waals surface area contributed by atoms with Crippen LogP contribution in [0.25, 0.3) is 11.4 Å². The molecule has 0 N–H and O–H groups in total. The number of hydrogen-bond acceptors (Lipinski definition) is 6. The second-order valence-electron chi connectivity index (χ2n) is 5.75. The minimum Gasteiger partial charge on any atom is -0.459 e. The number of amides is 1. The minimum atomic E-state index is -0.0683. The lowest BCUT2D eigenvalue weighted by molar-refractivity contribution is 0.0714. The van der Waals surface area contributed by atoms with Crippen molar-refractivity contribution in [2.24, 2.45) is 0 Å². The lowest BCUT2D eigenvalue weighted by atomic mass is 10.2. The number of carbonyl (C=O) groups is 1. The van der Waals surface area contributed by atoms with Crippen LogP contribution in [0.15, 0.2) is 59.3 Å². The summed E-state index contributed by atoms with van der Waals surface area (Å²) >= 11 is 0. The quantitative estimate of drug-likeness (QED) is 0.729. The van der Waals surface area contributed by atoms with Gasteiger partial charge in [-0.05, 0) is 36.4 Å². The molecule has 3 aromatic heterocycles. The number of furan rings is 1.